The highest BCUT2D eigenvalue weighted by atomic mass is 32.2. The Hall–Kier alpha value is -3.93. The summed E-state index contributed by atoms with van der Waals surface area (Å²) in [4.78, 5) is 9.75. The van der Waals surface area contributed by atoms with E-state index in [1.165, 1.54) is 49.2 Å². The molecular formula is C30H19N3S2. The van der Waals surface area contributed by atoms with Crippen molar-refractivity contribution in [1.82, 2.24) is 9.36 Å². The lowest BCUT2D eigenvalue weighted by molar-refractivity contribution is 1.17. The van der Waals surface area contributed by atoms with E-state index in [9.17, 15) is 0 Å². The van der Waals surface area contributed by atoms with Crippen LogP contribution in [-0.4, -0.2) is 9.36 Å². The summed E-state index contributed by atoms with van der Waals surface area (Å²) in [5, 5.41) is 3.39. The molecule has 0 aliphatic carbocycles. The first-order chi connectivity index (χ1) is 17.3. The van der Waals surface area contributed by atoms with Gasteiger partial charge in [0.25, 0.3) is 0 Å². The van der Waals surface area contributed by atoms with E-state index in [0.29, 0.717) is 0 Å². The van der Waals surface area contributed by atoms with Crippen LogP contribution in [0.25, 0.3) is 32.7 Å². The zero-order valence-electron chi connectivity index (χ0n) is 18.6. The number of aromatic nitrogens is 2. The molecule has 0 atom stereocenters. The van der Waals surface area contributed by atoms with Crippen molar-refractivity contribution in [2.45, 2.75) is 9.79 Å². The summed E-state index contributed by atoms with van der Waals surface area (Å²) < 4.78 is 4.64. The Balaban J connectivity index is 1.40. The van der Waals surface area contributed by atoms with Gasteiger partial charge in [-0.1, -0.05) is 96.7 Å². The van der Waals surface area contributed by atoms with Crippen molar-refractivity contribution in [1.29, 1.82) is 0 Å². The zero-order valence-corrected chi connectivity index (χ0v) is 20.3. The summed E-state index contributed by atoms with van der Waals surface area (Å²) in [7, 11) is 0. The predicted octanol–water partition coefficient (Wildman–Crippen LogP) is 8.96. The van der Waals surface area contributed by atoms with E-state index >= 15 is 0 Å². The monoisotopic (exact) mass is 485 g/mol. The maximum Gasteiger partial charge on any atom is 0.173 e. The molecule has 0 N–H and O–H groups in total. The lowest BCUT2D eigenvalue weighted by Crippen LogP contribution is -2.15. The van der Waals surface area contributed by atoms with Gasteiger partial charge in [0.05, 0.1) is 17.1 Å². The molecule has 1 aliphatic rings. The molecule has 0 amide bonds. The molecule has 0 fully saturated rings. The number of anilines is 3. The summed E-state index contributed by atoms with van der Waals surface area (Å²) >= 11 is 3.26. The minimum Gasteiger partial charge on any atom is -0.308 e. The van der Waals surface area contributed by atoms with E-state index in [-0.39, 0.29) is 0 Å². The van der Waals surface area contributed by atoms with Gasteiger partial charge in [-0.2, -0.15) is 4.37 Å². The molecule has 0 unspecified atom stereocenters. The first kappa shape index (κ1) is 20.4. The van der Waals surface area contributed by atoms with Crippen molar-refractivity contribution >= 4 is 51.1 Å². The molecule has 0 spiro atoms. The number of benzene rings is 5. The second-order valence-electron chi connectivity index (χ2n) is 8.38. The number of rotatable bonds is 3. The highest BCUT2D eigenvalue weighted by molar-refractivity contribution is 7.99. The van der Waals surface area contributed by atoms with Gasteiger partial charge < -0.3 is 4.90 Å². The van der Waals surface area contributed by atoms with Crippen LogP contribution in [0.4, 0.5) is 17.1 Å². The third kappa shape index (κ3) is 3.52. The van der Waals surface area contributed by atoms with Crippen LogP contribution in [0.5, 0.6) is 0 Å². The summed E-state index contributed by atoms with van der Waals surface area (Å²) in [6.07, 6.45) is 0. The number of para-hydroxylation sites is 1. The quantitative estimate of drug-likeness (QED) is 0.250. The molecule has 1 aromatic heterocycles. The normalized spacial score (nSPS) is 12.4. The Morgan fingerprint density at radius 1 is 0.571 bits per heavy atom. The Morgan fingerprint density at radius 3 is 2.26 bits per heavy atom. The molecule has 0 saturated heterocycles. The smallest absolute Gasteiger partial charge is 0.173 e. The molecule has 0 radical (unpaired) electrons. The first-order valence-electron chi connectivity index (χ1n) is 11.4. The lowest BCUT2D eigenvalue weighted by atomic mass is 10.1. The minimum atomic E-state index is 0.772. The summed E-state index contributed by atoms with van der Waals surface area (Å²) in [6.45, 7) is 0. The summed E-state index contributed by atoms with van der Waals surface area (Å²) in [5.74, 6) is 0.772. The molecule has 7 rings (SSSR count). The van der Waals surface area contributed by atoms with Gasteiger partial charge in [-0.15, -0.1) is 0 Å². The van der Waals surface area contributed by atoms with Crippen LogP contribution in [0, 0.1) is 0 Å². The highest BCUT2D eigenvalue weighted by Crippen LogP contribution is 2.53. The predicted molar refractivity (Wildman–Crippen MR) is 147 cm³/mol. The topological polar surface area (TPSA) is 29.0 Å². The van der Waals surface area contributed by atoms with E-state index in [4.69, 9.17) is 4.98 Å². The molecule has 3 nitrogen and oxygen atoms in total. The Labute approximate surface area is 211 Å². The molecule has 1 aliphatic heterocycles. The van der Waals surface area contributed by atoms with Gasteiger partial charge in [0, 0.05) is 26.3 Å². The highest BCUT2D eigenvalue weighted by Gasteiger charge is 2.26. The Bertz CT molecular complexity index is 1690. The van der Waals surface area contributed by atoms with Crippen LogP contribution in [-0.2, 0) is 0 Å². The van der Waals surface area contributed by atoms with Crippen molar-refractivity contribution < 1.29 is 0 Å². The van der Waals surface area contributed by atoms with Crippen LogP contribution in [0.15, 0.2) is 125 Å². The molecule has 35 heavy (non-hydrogen) atoms. The maximum atomic E-state index is 4.87. The largest absolute Gasteiger partial charge is 0.308 e. The third-order valence-corrected chi connectivity index (χ3v) is 8.13. The van der Waals surface area contributed by atoms with Crippen LogP contribution in [0.1, 0.15) is 0 Å². The average Bonchev–Trinajstić information content (AvgIpc) is 3.42. The van der Waals surface area contributed by atoms with E-state index in [2.05, 4.69) is 106 Å². The lowest BCUT2D eigenvalue weighted by Gasteiger charge is -2.34. The fraction of sp³-hybridized carbons (Fsp3) is 0. The number of hydrogen-bond acceptors (Lipinski definition) is 5. The van der Waals surface area contributed by atoms with E-state index in [1.54, 1.807) is 0 Å². The number of hydrogen-bond donors (Lipinski definition) is 0. The van der Waals surface area contributed by atoms with Crippen molar-refractivity contribution in [3.8, 4) is 22.0 Å². The molecule has 166 valence electrons. The molecule has 0 saturated carbocycles. The average molecular weight is 486 g/mol. The second kappa shape index (κ2) is 8.38. The van der Waals surface area contributed by atoms with Crippen LogP contribution >= 0.6 is 23.3 Å². The van der Waals surface area contributed by atoms with Crippen LogP contribution < -0.4 is 4.90 Å². The van der Waals surface area contributed by atoms with Gasteiger partial charge in [0.15, 0.2) is 5.82 Å². The molecule has 6 aromatic rings. The van der Waals surface area contributed by atoms with E-state index < -0.39 is 0 Å². The SMILES string of the molecule is c1ccc(-c2nsc(-c3ccc4c(c3)N(c3cccc5ccccc35)c3ccccc3S4)n2)cc1. The second-order valence-corrected chi connectivity index (χ2v) is 10.2. The molecule has 5 heteroatoms. The summed E-state index contributed by atoms with van der Waals surface area (Å²) in [6, 6.07) is 40.5. The van der Waals surface area contributed by atoms with Gasteiger partial charge in [0.1, 0.15) is 5.01 Å². The fourth-order valence-corrected chi connectivity index (χ4v) is 6.31. The van der Waals surface area contributed by atoms with Gasteiger partial charge in [-0.3, -0.25) is 0 Å². The van der Waals surface area contributed by atoms with Gasteiger partial charge in [0.2, 0.25) is 0 Å². The van der Waals surface area contributed by atoms with Crippen molar-refractivity contribution in [2.75, 3.05) is 4.90 Å². The van der Waals surface area contributed by atoms with E-state index in [1.807, 2.05) is 30.0 Å². The standard InChI is InChI=1S/C30H19N3S2/c1-2-10-21(11-3-1)29-31-30(35-32-29)22-17-18-28-26(19-22)33(25-14-6-7-16-27(25)34-28)24-15-8-12-20-9-4-5-13-23(20)24/h1-19H. The third-order valence-electron chi connectivity index (χ3n) is 6.24. The Morgan fingerprint density at radius 2 is 1.31 bits per heavy atom. The maximum absolute atomic E-state index is 4.87. The van der Waals surface area contributed by atoms with E-state index in [0.717, 1.165) is 22.0 Å². The fourth-order valence-electron chi connectivity index (χ4n) is 4.60. The van der Waals surface area contributed by atoms with Crippen molar-refractivity contribution in [2.24, 2.45) is 0 Å². The van der Waals surface area contributed by atoms with Gasteiger partial charge in [-0.25, -0.2) is 4.98 Å². The first-order valence-corrected chi connectivity index (χ1v) is 13.0. The van der Waals surface area contributed by atoms with Crippen molar-refractivity contribution in [3.63, 3.8) is 0 Å². The van der Waals surface area contributed by atoms with Gasteiger partial charge >= 0.3 is 0 Å². The van der Waals surface area contributed by atoms with Gasteiger partial charge in [-0.05, 0) is 47.3 Å². The molecule has 0 bridgehead atoms. The molecule has 2 heterocycles. The Kier molecular flexibility index (Phi) is 4.89. The summed E-state index contributed by atoms with van der Waals surface area (Å²) in [5.41, 5.74) is 5.65. The molecular weight excluding hydrogens is 466 g/mol. The van der Waals surface area contributed by atoms with Crippen LogP contribution in [0.2, 0.25) is 0 Å². The minimum absolute atomic E-state index is 0.772. The molecule has 5 aromatic carbocycles. The van der Waals surface area contributed by atoms with Crippen molar-refractivity contribution in [3.05, 3.63) is 115 Å². The zero-order chi connectivity index (χ0) is 23.2. The number of fused-ring (bicyclic) bond motifs is 3. The van der Waals surface area contributed by atoms with Crippen LogP contribution in [0.3, 0.4) is 0 Å². The number of nitrogens with zero attached hydrogens (tertiary/aromatic N) is 3.